The van der Waals surface area contributed by atoms with Gasteiger partial charge in [0.25, 0.3) is 0 Å². The third-order valence-corrected chi connectivity index (χ3v) is 3.35. The summed E-state index contributed by atoms with van der Waals surface area (Å²) in [5.74, 6) is -0.0897. The first-order chi connectivity index (χ1) is 8.61. The van der Waals surface area contributed by atoms with Gasteiger partial charge in [0, 0.05) is 17.7 Å². The van der Waals surface area contributed by atoms with E-state index in [9.17, 15) is 9.18 Å². The van der Waals surface area contributed by atoms with Gasteiger partial charge in [-0.05, 0) is 31.1 Å². The largest absolute Gasteiger partial charge is 0.494 e. The van der Waals surface area contributed by atoms with Gasteiger partial charge in [0.2, 0.25) is 5.91 Å². The SMILES string of the molecule is COc1ccc(NC(=O)C(C)C2CNC2)cc1F. The number of rotatable bonds is 4. The summed E-state index contributed by atoms with van der Waals surface area (Å²) in [6.45, 7) is 3.62. The first-order valence-electron chi connectivity index (χ1n) is 5.97. The van der Waals surface area contributed by atoms with Gasteiger partial charge < -0.3 is 15.4 Å². The Bertz CT molecular complexity index is 447. The van der Waals surface area contributed by atoms with Gasteiger partial charge >= 0.3 is 0 Å². The van der Waals surface area contributed by atoms with Crippen LogP contribution in [-0.4, -0.2) is 26.1 Å². The molecule has 1 atom stereocenters. The minimum atomic E-state index is -0.478. The van der Waals surface area contributed by atoms with Crippen LogP contribution in [0, 0.1) is 17.7 Å². The van der Waals surface area contributed by atoms with Crippen molar-refractivity contribution in [1.82, 2.24) is 5.32 Å². The summed E-state index contributed by atoms with van der Waals surface area (Å²) in [6, 6.07) is 4.40. The van der Waals surface area contributed by atoms with Crippen LogP contribution in [0.2, 0.25) is 0 Å². The fourth-order valence-electron chi connectivity index (χ4n) is 1.88. The second kappa shape index (κ2) is 5.35. The topological polar surface area (TPSA) is 50.4 Å². The molecular weight excluding hydrogens is 235 g/mol. The van der Waals surface area contributed by atoms with Gasteiger partial charge in [0.1, 0.15) is 0 Å². The standard InChI is InChI=1S/C13H17FN2O2/c1-8(9-6-15-7-9)13(17)16-10-3-4-12(18-2)11(14)5-10/h3-5,8-9,15H,6-7H2,1-2H3,(H,16,17). The van der Waals surface area contributed by atoms with Crippen molar-refractivity contribution in [3.8, 4) is 5.75 Å². The fourth-order valence-corrected chi connectivity index (χ4v) is 1.88. The Labute approximate surface area is 106 Å². The number of nitrogens with one attached hydrogen (secondary N) is 2. The third kappa shape index (κ3) is 2.61. The molecule has 1 unspecified atom stereocenters. The monoisotopic (exact) mass is 252 g/mol. The number of hydrogen-bond donors (Lipinski definition) is 2. The number of halogens is 1. The maximum Gasteiger partial charge on any atom is 0.227 e. The van der Waals surface area contributed by atoms with Crippen LogP contribution in [-0.2, 0) is 4.79 Å². The molecule has 0 aromatic heterocycles. The van der Waals surface area contributed by atoms with Crippen molar-refractivity contribution < 1.29 is 13.9 Å². The number of hydrogen-bond acceptors (Lipinski definition) is 3. The molecule has 2 rings (SSSR count). The summed E-state index contributed by atoms with van der Waals surface area (Å²) < 4.78 is 18.3. The molecule has 4 nitrogen and oxygen atoms in total. The minimum absolute atomic E-state index is 0.0728. The van der Waals surface area contributed by atoms with Crippen LogP contribution in [0.3, 0.4) is 0 Å². The Kier molecular flexibility index (Phi) is 3.81. The Morgan fingerprint density at radius 2 is 2.28 bits per heavy atom. The quantitative estimate of drug-likeness (QED) is 0.856. The van der Waals surface area contributed by atoms with Crippen LogP contribution < -0.4 is 15.4 Å². The highest BCUT2D eigenvalue weighted by Crippen LogP contribution is 2.22. The van der Waals surface area contributed by atoms with Gasteiger partial charge in [-0.2, -0.15) is 0 Å². The van der Waals surface area contributed by atoms with Crippen LogP contribution in [0.15, 0.2) is 18.2 Å². The van der Waals surface area contributed by atoms with Gasteiger partial charge in [0.15, 0.2) is 11.6 Å². The first kappa shape index (κ1) is 12.8. The zero-order valence-electron chi connectivity index (χ0n) is 10.5. The Balaban J connectivity index is 2.00. The number of carbonyl (C=O) groups excluding carboxylic acids is 1. The number of ether oxygens (including phenoxy) is 1. The van der Waals surface area contributed by atoms with E-state index in [1.54, 1.807) is 6.07 Å². The highest BCUT2D eigenvalue weighted by Gasteiger charge is 2.28. The summed E-state index contributed by atoms with van der Waals surface area (Å²) >= 11 is 0. The molecule has 18 heavy (non-hydrogen) atoms. The second-order valence-corrected chi connectivity index (χ2v) is 4.55. The Hall–Kier alpha value is -1.62. The predicted octanol–water partition coefficient (Wildman–Crippen LogP) is 1.63. The summed E-state index contributed by atoms with van der Waals surface area (Å²) in [7, 11) is 1.41. The lowest BCUT2D eigenvalue weighted by atomic mass is 9.88. The van der Waals surface area contributed by atoms with Gasteiger partial charge in [0.05, 0.1) is 7.11 Å². The zero-order valence-corrected chi connectivity index (χ0v) is 10.5. The van der Waals surface area contributed by atoms with Gasteiger partial charge in [-0.3, -0.25) is 4.79 Å². The molecular formula is C13H17FN2O2. The van der Waals surface area contributed by atoms with Crippen LogP contribution in [0.1, 0.15) is 6.92 Å². The molecule has 1 fully saturated rings. The lowest BCUT2D eigenvalue weighted by Gasteiger charge is -2.31. The van der Waals surface area contributed by atoms with Crippen molar-refractivity contribution in [2.24, 2.45) is 11.8 Å². The van der Waals surface area contributed by atoms with Crippen molar-refractivity contribution >= 4 is 11.6 Å². The van der Waals surface area contributed by atoms with E-state index in [0.717, 1.165) is 13.1 Å². The molecule has 0 bridgehead atoms. The normalized spacial score (nSPS) is 16.8. The summed E-state index contributed by atoms with van der Waals surface area (Å²) in [5.41, 5.74) is 0.456. The molecule has 0 aliphatic carbocycles. The number of amides is 1. The van der Waals surface area contributed by atoms with Crippen molar-refractivity contribution in [3.63, 3.8) is 0 Å². The van der Waals surface area contributed by atoms with Gasteiger partial charge in [-0.15, -0.1) is 0 Å². The fraction of sp³-hybridized carbons (Fsp3) is 0.462. The number of carbonyl (C=O) groups is 1. The highest BCUT2D eigenvalue weighted by molar-refractivity contribution is 5.92. The van der Waals surface area contributed by atoms with E-state index in [-0.39, 0.29) is 17.6 Å². The lowest BCUT2D eigenvalue weighted by Crippen LogP contribution is -2.48. The predicted molar refractivity (Wildman–Crippen MR) is 67.1 cm³/mol. The molecule has 1 saturated heterocycles. The number of methoxy groups -OCH3 is 1. The van der Waals surface area contributed by atoms with E-state index >= 15 is 0 Å². The molecule has 1 aromatic rings. The molecule has 0 saturated carbocycles. The molecule has 1 aliphatic rings. The van der Waals surface area contributed by atoms with Gasteiger partial charge in [-0.25, -0.2) is 4.39 Å². The molecule has 2 N–H and O–H groups in total. The van der Waals surface area contributed by atoms with Crippen LogP contribution >= 0.6 is 0 Å². The second-order valence-electron chi connectivity index (χ2n) is 4.55. The number of benzene rings is 1. The van der Waals surface area contributed by atoms with Crippen molar-refractivity contribution in [3.05, 3.63) is 24.0 Å². The first-order valence-corrected chi connectivity index (χ1v) is 5.97. The maximum atomic E-state index is 13.5. The smallest absolute Gasteiger partial charge is 0.227 e. The van der Waals surface area contributed by atoms with E-state index in [1.807, 2.05) is 6.92 Å². The van der Waals surface area contributed by atoms with Crippen LogP contribution in [0.4, 0.5) is 10.1 Å². The van der Waals surface area contributed by atoms with Crippen LogP contribution in [0.5, 0.6) is 5.75 Å². The lowest BCUT2D eigenvalue weighted by molar-refractivity contribution is -0.121. The summed E-state index contributed by atoms with van der Waals surface area (Å²) in [4.78, 5) is 11.9. The molecule has 98 valence electrons. The van der Waals surface area contributed by atoms with E-state index in [4.69, 9.17) is 4.74 Å². The third-order valence-electron chi connectivity index (χ3n) is 3.35. The van der Waals surface area contributed by atoms with Crippen molar-refractivity contribution in [2.75, 3.05) is 25.5 Å². The summed E-state index contributed by atoms with van der Waals surface area (Å²) in [5, 5.41) is 5.85. The Morgan fingerprint density at radius 1 is 1.56 bits per heavy atom. The molecule has 1 heterocycles. The molecule has 1 aromatic carbocycles. The average molecular weight is 252 g/mol. The Morgan fingerprint density at radius 3 is 2.78 bits per heavy atom. The number of anilines is 1. The summed E-state index contributed by atoms with van der Waals surface area (Å²) in [6.07, 6.45) is 0. The van der Waals surface area contributed by atoms with Crippen molar-refractivity contribution in [1.29, 1.82) is 0 Å². The maximum absolute atomic E-state index is 13.5. The molecule has 1 amide bonds. The minimum Gasteiger partial charge on any atom is -0.494 e. The molecule has 5 heteroatoms. The zero-order chi connectivity index (χ0) is 13.1. The van der Waals surface area contributed by atoms with E-state index in [2.05, 4.69) is 10.6 Å². The van der Waals surface area contributed by atoms with E-state index in [1.165, 1.54) is 19.2 Å². The highest BCUT2D eigenvalue weighted by atomic mass is 19.1. The van der Waals surface area contributed by atoms with Crippen LogP contribution in [0.25, 0.3) is 0 Å². The van der Waals surface area contributed by atoms with E-state index in [0.29, 0.717) is 11.6 Å². The van der Waals surface area contributed by atoms with E-state index < -0.39 is 5.82 Å². The average Bonchev–Trinajstić information content (AvgIpc) is 2.26. The van der Waals surface area contributed by atoms with Crippen molar-refractivity contribution in [2.45, 2.75) is 6.92 Å². The van der Waals surface area contributed by atoms with Gasteiger partial charge in [-0.1, -0.05) is 6.92 Å². The molecule has 1 aliphatic heterocycles. The molecule has 0 spiro atoms. The molecule has 0 radical (unpaired) electrons.